The highest BCUT2D eigenvalue weighted by atomic mass is 32.1. The molecule has 1 aromatic heterocycles. The molecule has 18 heavy (non-hydrogen) atoms. The summed E-state index contributed by atoms with van der Waals surface area (Å²) in [6, 6.07) is 8.19. The van der Waals surface area contributed by atoms with Crippen LogP contribution < -0.4 is 10.5 Å². The molecule has 3 nitrogen and oxygen atoms in total. The number of aromatic nitrogens is 1. The third-order valence-electron chi connectivity index (χ3n) is 2.76. The fraction of sp³-hybridized carbons (Fsp3) is 0.357. The van der Waals surface area contributed by atoms with Crippen LogP contribution in [-0.4, -0.2) is 18.6 Å². The lowest BCUT2D eigenvalue weighted by Crippen LogP contribution is -2.03. The zero-order valence-electron chi connectivity index (χ0n) is 10.6. The Labute approximate surface area is 112 Å². The predicted molar refractivity (Wildman–Crippen MR) is 75.3 cm³/mol. The molecule has 0 saturated heterocycles. The molecule has 2 aromatic rings. The zero-order valence-corrected chi connectivity index (χ0v) is 11.4. The molecule has 96 valence electrons. The smallest absolute Gasteiger partial charge is 0.119 e. The molecule has 4 heteroatoms. The minimum Gasteiger partial charge on any atom is -0.497 e. The summed E-state index contributed by atoms with van der Waals surface area (Å²) in [5.74, 6) is 0.912. The second-order valence-corrected chi connectivity index (χ2v) is 5.07. The maximum atomic E-state index is 5.52. The van der Waals surface area contributed by atoms with Gasteiger partial charge >= 0.3 is 0 Å². The van der Waals surface area contributed by atoms with Gasteiger partial charge in [0.15, 0.2) is 0 Å². The number of benzene rings is 1. The van der Waals surface area contributed by atoms with Crippen molar-refractivity contribution in [1.82, 2.24) is 4.98 Å². The molecule has 0 saturated carbocycles. The van der Waals surface area contributed by atoms with Crippen molar-refractivity contribution in [1.29, 1.82) is 0 Å². The average molecular weight is 262 g/mol. The van der Waals surface area contributed by atoms with Crippen LogP contribution in [0.4, 0.5) is 0 Å². The lowest BCUT2D eigenvalue weighted by molar-refractivity contribution is 0.414. The number of nitrogens with two attached hydrogens (primary N) is 1. The first-order chi connectivity index (χ1) is 8.81. The summed E-state index contributed by atoms with van der Waals surface area (Å²) in [6.45, 7) is 0.666. The first-order valence-electron chi connectivity index (χ1n) is 6.08. The Morgan fingerprint density at radius 2 is 2.17 bits per heavy atom. The van der Waals surface area contributed by atoms with Gasteiger partial charge in [-0.1, -0.05) is 12.1 Å². The maximum absolute atomic E-state index is 5.52. The van der Waals surface area contributed by atoms with Crippen LogP contribution in [0, 0.1) is 0 Å². The topological polar surface area (TPSA) is 48.1 Å². The Morgan fingerprint density at radius 1 is 1.28 bits per heavy atom. The normalized spacial score (nSPS) is 10.6. The molecule has 2 rings (SSSR count). The molecule has 0 radical (unpaired) electrons. The van der Waals surface area contributed by atoms with Crippen molar-refractivity contribution in [2.24, 2.45) is 5.73 Å². The molecular weight excluding hydrogens is 244 g/mol. The molecule has 2 N–H and O–H groups in total. The van der Waals surface area contributed by atoms with Gasteiger partial charge in [-0.05, 0) is 30.7 Å². The van der Waals surface area contributed by atoms with Crippen LogP contribution in [0.2, 0.25) is 0 Å². The van der Waals surface area contributed by atoms with E-state index in [1.54, 1.807) is 18.4 Å². The number of hydrogen-bond acceptors (Lipinski definition) is 4. The molecule has 1 heterocycles. The van der Waals surface area contributed by atoms with Gasteiger partial charge in [-0.15, -0.1) is 11.3 Å². The number of rotatable bonds is 6. The predicted octanol–water partition coefficient (Wildman–Crippen LogP) is 2.44. The Bertz CT molecular complexity index is 496. The third kappa shape index (κ3) is 3.55. The van der Waals surface area contributed by atoms with Crippen LogP contribution in [0.1, 0.15) is 16.3 Å². The Balaban J connectivity index is 1.93. The van der Waals surface area contributed by atoms with Crippen molar-refractivity contribution in [2.75, 3.05) is 13.7 Å². The molecule has 0 aliphatic rings. The number of nitrogens with zero attached hydrogens (tertiary/aromatic N) is 1. The summed E-state index contributed by atoms with van der Waals surface area (Å²) in [5.41, 5.74) is 7.91. The number of ether oxygens (including phenoxy) is 1. The van der Waals surface area contributed by atoms with Gasteiger partial charge in [0, 0.05) is 18.2 Å². The Kier molecular flexibility index (Phi) is 4.73. The second kappa shape index (κ2) is 6.52. The van der Waals surface area contributed by atoms with Gasteiger partial charge in [-0.3, -0.25) is 0 Å². The van der Waals surface area contributed by atoms with E-state index in [9.17, 15) is 0 Å². The number of thiazole rings is 1. The van der Waals surface area contributed by atoms with E-state index in [4.69, 9.17) is 10.5 Å². The molecule has 0 atom stereocenters. The first kappa shape index (κ1) is 13.1. The van der Waals surface area contributed by atoms with Crippen LogP contribution in [0.3, 0.4) is 0 Å². The fourth-order valence-electron chi connectivity index (χ4n) is 1.81. The van der Waals surface area contributed by atoms with E-state index in [0.717, 1.165) is 30.7 Å². The molecule has 0 amide bonds. The van der Waals surface area contributed by atoms with Crippen LogP contribution in [0.15, 0.2) is 29.6 Å². The number of aryl methyl sites for hydroxylation is 2. The molecule has 0 fully saturated rings. The standard InChI is InChI=1S/C14H18N2OS/c1-17-13-4-2-3-11(9-13)5-6-14-16-12(7-8-15)10-18-14/h2-4,9-10H,5-8,15H2,1H3. The zero-order chi connectivity index (χ0) is 12.8. The summed E-state index contributed by atoms with van der Waals surface area (Å²) in [5, 5.41) is 3.29. The van der Waals surface area contributed by atoms with Gasteiger partial charge < -0.3 is 10.5 Å². The fourth-order valence-corrected chi connectivity index (χ4v) is 2.64. The molecule has 0 aliphatic heterocycles. The van der Waals surface area contributed by atoms with E-state index in [0.29, 0.717) is 6.54 Å². The van der Waals surface area contributed by atoms with E-state index in [-0.39, 0.29) is 0 Å². The van der Waals surface area contributed by atoms with Gasteiger partial charge in [-0.25, -0.2) is 4.98 Å². The Morgan fingerprint density at radius 3 is 2.94 bits per heavy atom. The molecule has 0 aliphatic carbocycles. The first-order valence-corrected chi connectivity index (χ1v) is 6.96. The second-order valence-electron chi connectivity index (χ2n) is 4.12. The largest absolute Gasteiger partial charge is 0.497 e. The maximum Gasteiger partial charge on any atom is 0.119 e. The quantitative estimate of drug-likeness (QED) is 0.870. The molecule has 1 aromatic carbocycles. The lowest BCUT2D eigenvalue weighted by Gasteiger charge is -2.03. The molecule has 0 bridgehead atoms. The van der Waals surface area contributed by atoms with E-state index >= 15 is 0 Å². The highest BCUT2D eigenvalue weighted by molar-refractivity contribution is 7.09. The van der Waals surface area contributed by atoms with E-state index < -0.39 is 0 Å². The van der Waals surface area contributed by atoms with Gasteiger partial charge in [0.1, 0.15) is 5.75 Å². The lowest BCUT2D eigenvalue weighted by atomic mass is 10.1. The summed E-state index contributed by atoms with van der Waals surface area (Å²) in [7, 11) is 1.69. The van der Waals surface area contributed by atoms with E-state index in [2.05, 4.69) is 22.5 Å². The van der Waals surface area contributed by atoms with Gasteiger partial charge in [-0.2, -0.15) is 0 Å². The van der Waals surface area contributed by atoms with Gasteiger partial charge in [0.05, 0.1) is 17.8 Å². The van der Waals surface area contributed by atoms with Crippen molar-refractivity contribution in [3.63, 3.8) is 0 Å². The third-order valence-corrected chi connectivity index (χ3v) is 3.72. The van der Waals surface area contributed by atoms with Crippen molar-refractivity contribution < 1.29 is 4.74 Å². The van der Waals surface area contributed by atoms with Crippen molar-refractivity contribution >= 4 is 11.3 Å². The summed E-state index contributed by atoms with van der Waals surface area (Å²) < 4.78 is 5.22. The SMILES string of the molecule is COc1cccc(CCc2nc(CCN)cs2)c1. The minimum absolute atomic E-state index is 0.666. The van der Waals surface area contributed by atoms with Crippen molar-refractivity contribution in [2.45, 2.75) is 19.3 Å². The number of methoxy groups -OCH3 is 1. The van der Waals surface area contributed by atoms with Crippen LogP contribution in [0.25, 0.3) is 0 Å². The minimum atomic E-state index is 0.666. The summed E-state index contributed by atoms with van der Waals surface area (Å²) >= 11 is 1.72. The summed E-state index contributed by atoms with van der Waals surface area (Å²) in [4.78, 5) is 4.56. The highest BCUT2D eigenvalue weighted by Gasteiger charge is 2.03. The van der Waals surface area contributed by atoms with E-state index in [1.165, 1.54) is 10.6 Å². The van der Waals surface area contributed by atoms with Gasteiger partial charge in [0.2, 0.25) is 0 Å². The molecule has 0 unspecified atom stereocenters. The van der Waals surface area contributed by atoms with Crippen LogP contribution >= 0.6 is 11.3 Å². The average Bonchev–Trinajstić information content (AvgIpc) is 2.85. The van der Waals surface area contributed by atoms with E-state index in [1.807, 2.05) is 12.1 Å². The van der Waals surface area contributed by atoms with Crippen LogP contribution in [0.5, 0.6) is 5.75 Å². The molecular formula is C14H18N2OS. The number of hydrogen-bond donors (Lipinski definition) is 1. The Hall–Kier alpha value is -1.39. The monoisotopic (exact) mass is 262 g/mol. The van der Waals surface area contributed by atoms with Crippen molar-refractivity contribution in [3.05, 3.63) is 45.9 Å². The van der Waals surface area contributed by atoms with Crippen LogP contribution in [-0.2, 0) is 19.3 Å². The van der Waals surface area contributed by atoms with Gasteiger partial charge in [0.25, 0.3) is 0 Å². The molecule has 0 spiro atoms. The summed E-state index contributed by atoms with van der Waals surface area (Å²) in [6.07, 6.45) is 2.84. The van der Waals surface area contributed by atoms with Crippen molar-refractivity contribution in [3.8, 4) is 5.75 Å². The highest BCUT2D eigenvalue weighted by Crippen LogP contribution is 2.16.